The number of nitrogens with one attached hydrogen (secondary N) is 1. The van der Waals surface area contributed by atoms with Gasteiger partial charge in [0.2, 0.25) is 0 Å². The van der Waals surface area contributed by atoms with Gasteiger partial charge in [0.05, 0.1) is 13.7 Å². The maximum Gasteiger partial charge on any atom is 0.407 e. The zero-order valence-electron chi connectivity index (χ0n) is 14.1. The minimum absolute atomic E-state index is 0.253. The standard InChI is InChI=1S/C17H25NO5/c1-17(2,3)23-16(20)18-11-10-14(15(19)21-4)22-12-13-8-6-5-7-9-13/h5-9,14H,10-12H2,1-4H3,(H,18,20)/t14-/m0/s1. The molecule has 0 unspecified atom stereocenters. The number of hydrogen-bond donors (Lipinski definition) is 1. The highest BCUT2D eigenvalue weighted by Crippen LogP contribution is 2.09. The van der Waals surface area contributed by atoms with Crippen molar-refractivity contribution in [2.24, 2.45) is 0 Å². The Kier molecular flexibility index (Phi) is 7.54. The van der Waals surface area contributed by atoms with E-state index < -0.39 is 23.8 Å². The molecular formula is C17H25NO5. The molecule has 0 bridgehead atoms. The van der Waals surface area contributed by atoms with Crippen LogP contribution >= 0.6 is 0 Å². The van der Waals surface area contributed by atoms with Crippen molar-refractivity contribution < 1.29 is 23.8 Å². The molecule has 0 aliphatic rings. The van der Waals surface area contributed by atoms with Crippen molar-refractivity contribution in [3.8, 4) is 0 Å². The van der Waals surface area contributed by atoms with Gasteiger partial charge in [-0.15, -0.1) is 0 Å². The summed E-state index contributed by atoms with van der Waals surface area (Å²) in [6, 6.07) is 9.53. The van der Waals surface area contributed by atoms with E-state index in [2.05, 4.69) is 5.32 Å². The van der Waals surface area contributed by atoms with Gasteiger partial charge in [-0.25, -0.2) is 9.59 Å². The van der Waals surface area contributed by atoms with E-state index in [4.69, 9.17) is 14.2 Å². The normalized spacial score (nSPS) is 12.3. The molecule has 128 valence electrons. The lowest BCUT2D eigenvalue weighted by Crippen LogP contribution is -2.36. The van der Waals surface area contributed by atoms with Gasteiger partial charge in [-0.2, -0.15) is 0 Å². The highest BCUT2D eigenvalue weighted by molar-refractivity contribution is 5.74. The van der Waals surface area contributed by atoms with Crippen LogP contribution in [0.4, 0.5) is 4.79 Å². The average molecular weight is 323 g/mol. The van der Waals surface area contributed by atoms with Gasteiger partial charge in [-0.05, 0) is 26.3 Å². The number of carbonyl (C=O) groups excluding carboxylic acids is 2. The largest absolute Gasteiger partial charge is 0.467 e. The third-order valence-electron chi connectivity index (χ3n) is 2.83. The first-order valence-corrected chi connectivity index (χ1v) is 7.52. The lowest BCUT2D eigenvalue weighted by Gasteiger charge is -2.20. The van der Waals surface area contributed by atoms with Gasteiger partial charge < -0.3 is 19.5 Å². The summed E-state index contributed by atoms with van der Waals surface area (Å²) in [4.78, 5) is 23.3. The van der Waals surface area contributed by atoms with Gasteiger partial charge in [-0.3, -0.25) is 0 Å². The van der Waals surface area contributed by atoms with E-state index in [1.54, 1.807) is 20.8 Å². The molecule has 0 fully saturated rings. The smallest absolute Gasteiger partial charge is 0.407 e. The molecule has 23 heavy (non-hydrogen) atoms. The molecule has 1 aromatic rings. The summed E-state index contributed by atoms with van der Waals surface area (Å²) in [5.41, 5.74) is 0.400. The zero-order valence-corrected chi connectivity index (χ0v) is 14.1. The molecule has 0 saturated heterocycles. The predicted molar refractivity (Wildman–Crippen MR) is 85.9 cm³/mol. The SMILES string of the molecule is COC(=O)[C@H](CCNC(=O)OC(C)(C)C)OCc1ccccc1. The van der Waals surface area contributed by atoms with Crippen LogP contribution in [0.5, 0.6) is 0 Å². The molecule has 1 atom stereocenters. The second kappa shape index (κ2) is 9.15. The van der Waals surface area contributed by atoms with E-state index in [1.807, 2.05) is 30.3 Å². The third-order valence-corrected chi connectivity index (χ3v) is 2.83. The Morgan fingerprint density at radius 1 is 1.17 bits per heavy atom. The van der Waals surface area contributed by atoms with E-state index in [0.717, 1.165) is 5.56 Å². The Hall–Kier alpha value is -2.08. The number of alkyl carbamates (subject to hydrolysis) is 1. The van der Waals surface area contributed by atoms with Crippen LogP contribution in [0, 0.1) is 0 Å². The molecule has 0 aliphatic carbocycles. The van der Waals surface area contributed by atoms with E-state index in [9.17, 15) is 9.59 Å². The number of methoxy groups -OCH3 is 1. The Morgan fingerprint density at radius 3 is 2.39 bits per heavy atom. The van der Waals surface area contributed by atoms with Crippen LogP contribution in [0.1, 0.15) is 32.8 Å². The number of benzene rings is 1. The molecule has 1 rings (SSSR count). The quantitative estimate of drug-likeness (QED) is 0.781. The van der Waals surface area contributed by atoms with Crippen molar-refractivity contribution in [1.29, 1.82) is 0 Å². The van der Waals surface area contributed by atoms with Crippen LogP contribution in [0.3, 0.4) is 0 Å². The Labute approximate surface area is 137 Å². The summed E-state index contributed by atoms with van der Waals surface area (Å²) in [5, 5.41) is 2.60. The number of amides is 1. The number of esters is 1. The highest BCUT2D eigenvalue weighted by atomic mass is 16.6. The van der Waals surface area contributed by atoms with Crippen LogP contribution in [-0.4, -0.2) is 37.4 Å². The zero-order chi connectivity index (χ0) is 17.3. The van der Waals surface area contributed by atoms with Gasteiger partial charge in [0.25, 0.3) is 0 Å². The van der Waals surface area contributed by atoms with Crippen LogP contribution in [0.25, 0.3) is 0 Å². The fourth-order valence-electron chi connectivity index (χ4n) is 1.79. The monoisotopic (exact) mass is 323 g/mol. The predicted octanol–water partition coefficient (Wildman–Crippen LogP) is 2.66. The highest BCUT2D eigenvalue weighted by Gasteiger charge is 2.21. The first-order chi connectivity index (χ1) is 10.8. The molecule has 0 aliphatic heterocycles. The summed E-state index contributed by atoms with van der Waals surface area (Å²) in [5.74, 6) is -0.466. The van der Waals surface area contributed by atoms with E-state index >= 15 is 0 Å². The molecule has 1 amide bonds. The lowest BCUT2D eigenvalue weighted by molar-refractivity contribution is -0.155. The minimum Gasteiger partial charge on any atom is -0.467 e. The summed E-state index contributed by atoms with van der Waals surface area (Å²) in [6.07, 6.45) is -0.960. The molecule has 0 heterocycles. The average Bonchev–Trinajstić information content (AvgIpc) is 2.49. The molecular weight excluding hydrogens is 298 g/mol. The molecule has 0 saturated carbocycles. The fourth-order valence-corrected chi connectivity index (χ4v) is 1.79. The van der Waals surface area contributed by atoms with Crippen LogP contribution in [0.15, 0.2) is 30.3 Å². The molecule has 1 N–H and O–H groups in total. The number of rotatable bonds is 7. The Morgan fingerprint density at radius 2 is 1.83 bits per heavy atom. The molecule has 1 aromatic carbocycles. The summed E-state index contributed by atoms with van der Waals surface area (Å²) >= 11 is 0. The Balaban J connectivity index is 2.43. The first-order valence-electron chi connectivity index (χ1n) is 7.52. The van der Waals surface area contributed by atoms with Gasteiger partial charge >= 0.3 is 12.1 Å². The summed E-state index contributed by atoms with van der Waals surface area (Å²) in [6.45, 7) is 5.91. The molecule has 0 aromatic heterocycles. The Bertz CT molecular complexity index is 495. The summed E-state index contributed by atoms with van der Waals surface area (Å²) in [7, 11) is 1.31. The van der Waals surface area contributed by atoms with Crippen molar-refractivity contribution in [3.63, 3.8) is 0 Å². The number of hydrogen-bond acceptors (Lipinski definition) is 5. The molecule has 0 spiro atoms. The second-order valence-electron chi connectivity index (χ2n) is 6.03. The van der Waals surface area contributed by atoms with E-state index in [-0.39, 0.29) is 6.54 Å². The lowest BCUT2D eigenvalue weighted by atomic mass is 10.2. The van der Waals surface area contributed by atoms with Gasteiger partial charge in [-0.1, -0.05) is 30.3 Å². The topological polar surface area (TPSA) is 73.9 Å². The molecule has 0 radical (unpaired) electrons. The van der Waals surface area contributed by atoms with Crippen LogP contribution in [0.2, 0.25) is 0 Å². The van der Waals surface area contributed by atoms with Crippen molar-refractivity contribution in [2.45, 2.75) is 45.5 Å². The number of carbonyl (C=O) groups is 2. The first kappa shape index (κ1) is 19.0. The van der Waals surface area contributed by atoms with E-state index in [1.165, 1.54) is 7.11 Å². The molecule has 6 nitrogen and oxygen atoms in total. The van der Waals surface area contributed by atoms with E-state index in [0.29, 0.717) is 13.0 Å². The van der Waals surface area contributed by atoms with Crippen molar-refractivity contribution in [2.75, 3.05) is 13.7 Å². The number of ether oxygens (including phenoxy) is 3. The van der Waals surface area contributed by atoms with Crippen molar-refractivity contribution >= 4 is 12.1 Å². The third kappa shape index (κ3) is 8.21. The molecule has 6 heteroatoms. The van der Waals surface area contributed by atoms with Gasteiger partial charge in [0.1, 0.15) is 5.60 Å². The van der Waals surface area contributed by atoms with Crippen molar-refractivity contribution in [3.05, 3.63) is 35.9 Å². The van der Waals surface area contributed by atoms with Crippen LogP contribution < -0.4 is 5.32 Å². The van der Waals surface area contributed by atoms with Gasteiger partial charge in [0, 0.05) is 13.0 Å². The van der Waals surface area contributed by atoms with Crippen LogP contribution in [-0.2, 0) is 25.6 Å². The summed E-state index contributed by atoms with van der Waals surface area (Å²) < 4.78 is 15.5. The van der Waals surface area contributed by atoms with Gasteiger partial charge in [0.15, 0.2) is 6.10 Å². The second-order valence-corrected chi connectivity index (χ2v) is 6.03. The van der Waals surface area contributed by atoms with Crippen molar-refractivity contribution in [1.82, 2.24) is 5.32 Å². The fraction of sp³-hybridized carbons (Fsp3) is 0.529. The maximum atomic E-state index is 11.7. The minimum atomic E-state index is -0.741. The maximum absolute atomic E-state index is 11.7.